The van der Waals surface area contributed by atoms with E-state index in [9.17, 15) is 30.8 Å². The third-order valence-corrected chi connectivity index (χ3v) is 6.18. The van der Waals surface area contributed by atoms with Crippen LogP contribution in [0.1, 0.15) is 16.8 Å². The van der Waals surface area contributed by atoms with Crippen LogP contribution >= 0.6 is 11.3 Å². The fourth-order valence-corrected chi connectivity index (χ4v) is 4.44. The highest BCUT2D eigenvalue weighted by atomic mass is 32.2. The molecule has 0 fully saturated rings. The summed E-state index contributed by atoms with van der Waals surface area (Å²) in [7, 11) is -4.23. The number of benzene rings is 1. The molecule has 160 valence electrons. The Kier molecular flexibility index (Phi) is 6.07. The largest absolute Gasteiger partial charge is 0.382 e. The minimum atomic E-state index is -4.23. The fourth-order valence-electron chi connectivity index (χ4n) is 2.46. The zero-order valence-electron chi connectivity index (χ0n) is 14.9. The van der Waals surface area contributed by atoms with Crippen molar-refractivity contribution < 1.29 is 30.8 Å². The molecule has 1 amide bonds. The topological polar surface area (TPSA) is 127 Å². The van der Waals surface area contributed by atoms with Gasteiger partial charge in [0.2, 0.25) is 10.0 Å². The lowest BCUT2D eigenvalue weighted by atomic mass is 10.2. The summed E-state index contributed by atoms with van der Waals surface area (Å²) in [4.78, 5) is 20.2. The van der Waals surface area contributed by atoms with Crippen LogP contribution in [0, 0.1) is 17.5 Å². The quantitative estimate of drug-likeness (QED) is 0.365. The first-order valence-electron chi connectivity index (χ1n) is 8.17. The summed E-state index contributed by atoms with van der Waals surface area (Å²) in [6.07, 6.45) is 0.718. The van der Waals surface area contributed by atoms with Gasteiger partial charge in [0.25, 0.3) is 5.91 Å². The maximum atomic E-state index is 14.7. The van der Waals surface area contributed by atoms with Crippen molar-refractivity contribution in [3.05, 3.63) is 40.8 Å². The minimum absolute atomic E-state index is 0.0946. The first kappa shape index (κ1) is 21.7. The van der Waals surface area contributed by atoms with E-state index in [1.165, 1.54) is 5.38 Å². The lowest BCUT2D eigenvalue weighted by molar-refractivity contribution is 0.102. The molecule has 3 aromatic rings. The highest BCUT2D eigenvalue weighted by Crippen LogP contribution is 2.32. The first-order valence-corrected chi connectivity index (χ1v) is 10.7. The lowest BCUT2D eigenvalue weighted by Gasteiger charge is -2.13. The minimum Gasteiger partial charge on any atom is -0.382 e. The number of aromatic nitrogens is 2. The van der Waals surface area contributed by atoms with E-state index in [-0.39, 0.29) is 29.4 Å². The number of alkyl halides is 1. The van der Waals surface area contributed by atoms with Gasteiger partial charge in [-0.3, -0.25) is 13.9 Å². The molecule has 0 bridgehead atoms. The van der Waals surface area contributed by atoms with E-state index in [1.807, 2.05) is 5.32 Å². The number of amides is 1. The van der Waals surface area contributed by atoms with Gasteiger partial charge in [-0.25, -0.2) is 31.6 Å². The van der Waals surface area contributed by atoms with Crippen molar-refractivity contribution in [1.82, 2.24) is 9.97 Å². The maximum Gasteiger partial charge on any atom is 0.258 e. The monoisotopic (exact) mass is 463 g/mol. The van der Waals surface area contributed by atoms with Gasteiger partial charge < -0.3 is 11.1 Å². The number of nitrogens with one attached hydrogen (secondary N) is 2. The Morgan fingerprint density at radius 3 is 2.63 bits per heavy atom. The molecule has 14 heteroatoms. The van der Waals surface area contributed by atoms with E-state index >= 15 is 0 Å². The Hall–Kier alpha value is -3.00. The molecule has 4 N–H and O–H groups in total. The van der Waals surface area contributed by atoms with E-state index in [0.717, 1.165) is 17.7 Å². The van der Waals surface area contributed by atoms with Gasteiger partial charge in [-0.1, -0.05) is 0 Å². The van der Waals surface area contributed by atoms with Crippen LogP contribution < -0.4 is 15.8 Å². The predicted molar refractivity (Wildman–Crippen MR) is 104 cm³/mol. The molecule has 3 rings (SSSR count). The Balaban J connectivity index is 1.96. The number of nitrogen functional groups attached to an aromatic ring is 1. The van der Waals surface area contributed by atoms with Crippen molar-refractivity contribution in [3.63, 3.8) is 0 Å². The number of sulfonamides is 1. The molecule has 1 aromatic carbocycles. The molecule has 0 saturated carbocycles. The van der Waals surface area contributed by atoms with Crippen molar-refractivity contribution in [2.24, 2.45) is 0 Å². The van der Waals surface area contributed by atoms with Gasteiger partial charge in [-0.2, -0.15) is 0 Å². The summed E-state index contributed by atoms with van der Waals surface area (Å²) >= 11 is 1.01. The van der Waals surface area contributed by atoms with Crippen molar-refractivity contribution >= 4 is 54.7 Å². The molecule has 0 aliphatic heterocycles. The summed E-state index contributed by atoms with van der Waals surface area (Å²) < 4.78 is 80.7. The summed E-state index contributed by atoms with van der Waals surface area (Å²) in [5.74, 6) is -6.55. The number of carbonyl (C=O) groups is 1. The molecule has 0 radical (unpaired) electrons. The number of nitrogens with two attached hydrogens (primary N) is 1. The predicted octanol–water partition coefficient (Wildman–Crippen LogP) is 3.04. The van der Waals surface area contributed by atoms with Crippen LogP contribution in [0.5, 0.6) is 0 Å². The summed E-state index contributed by atoms with van der Waals surface area (Å²) in [6, 6.07) is 0.279. The molecule has 0 atom stereocenters. The molecule has 0 spiro atoms. The zero-order valence-corrected chi connectivity index (χ0v) is 16.5. The van der Waals surface area contributed by atoms with Crippen molar-refractivity contribution in [2.75, 3.05) is 28.2 Å². The molecule has 0 saturated heterocycles. The first-order chi connectivity index (χ1) is 14.1. The number of anilines is 3. The molecule has 0 unspecified atom stereocenters. The normalized spacial score (nSPS) is 11.6. The standard InChI is InChI=1S/C16H13F4N5O3S2/c17-2-1-3-30(27,28)25-9-4-8(18)10(19)13(11(9)20)24-16(26)7-5-29-14-12(7)22-6-23-15(14)21/h4-6,25H,1-3H2,(H,24,26)(H2,21,22,23). The Morgan fingerprint density at radius 1 is 1.20 bits per heavy atom. The zero-order chi connectivity index (χ0) is 22.1. The average Bonchev–Trinajstić information content (AvgIpc) is 3.13. The van der Waals surface area contributed by atoms with Crippen molar-refractivity contribution in [3.8, 4) is 0 Å². The number of hydrogen-bond donors (Lipinski definition) is 3. The second-order valence-electron chi connectivity index (χ2n) is 5.91. The van der Waals surface area contributed by atoms with Gasteiger partial charge >= 0.3 is 0 Å². The van der Waals surface area contributed by atoms with E-state index in [4.69, 9.17) is 5.73 Å². The second kappa shape index (κ2) is 8.39. The SMILES string of the molecule is Nc1ncnc2c(C(=O)Nc3c(F)c(F)cc(NS(=O)(=O)CCCF)c3F)csc12. The molecule has 0 aliphatic rings. The number of rotatable bonds is 7. The molecule has 8 nitrogen and oxygen atoms in total. The van der Waals surface area contributed by atoms with Gasteiger partial charge in [-0.05, 0) is 6.42 Å². The van der Waals surface area contributed by atoms with E-state index in [1.54, 1.807) is 4.72 Å². The Bertz CT molecular complexity index is 1230. The summed E-state index contributed by atoms with van der Waals surface area (Å²) in [5.41, 5.74) is 3.55. The van der Waals surface area contributed by atoms with Crippen molar-refractivity contribution in [1.29, 1.82) is 0 Å². The van der Waals surface area contributed by atoms with Crippen molar-refractivity contribution in [2.45, 2.75) is 6.42 Å². The van der Waals surface area contributed by atoms with Crippen LogP contribution in [-0.4, -0.2) is 36.7 Å². The van der Waals surface area contributed by atoms with E-state index < -0.39 is 57.2 Å². The highest BCUT2D eigenvalue weighted by molar-refractivity contribution is 7.92. The smallest absolute Gasteiger partial charge is 0.258 e. The van der Waals surface area contributed by atoms with E-state index in [2.05, 4.69) is 9.97 Å². The van der Waals surface area contributed by atoms with Crippen LogP contribution in [0.2, 0.25) is 0 Å². The summed E-state index contributed by atoms with van der Waals surface area (Å²) in [5, 5.41) is 3.20. The van der Waals surface area contributed by atoms with Crippen LogP contribution in [0.4, 0.5) is 34.8 Å². The molecule has 0 aliphatic carbocycles. The molecular weight excluding hydrogens is 450 g/mol. The van der Waals surface area contributed by atoms with E-state index in [0.29, 0.717) is 4.70 Å². The number of carbonyl (C=O) groups excluding carboxylic acids is 1. The third kappa shape index (κ3) is 4.28. The number of halogens is 4. The number of fused-ring (bicyclic) bond motifs is 1. The lowest BCUT2D eigenvalue weighted by Crippen LogP contribution is -2.20. The van der Waals surface area contributed by atoms with Crippen LogP contribution in [-0.2, 0) is 10.0 Å². The maximum absolute atomic E-state index is 14.7. The van der Waals surface area contributed by atoms with Gasteiger partial charge in [0, 0.05) is 11.4 Å². The number of nitrogens with zero attached hydrogens (tertiary/aromatic N) is 2. The Morgan fingerprint density at radius 2 is 1.93 bits per heavy atom. The highest BCUT2D eigenvalue weighted by Gasteiger charge is 2.25. The third-order valence-electron chi connectivity index (χ3n) is 3.83. The summed E-state index contributed by atoms with van der Waals surface area (Å²) in [6.45, 7) is -0.939. The van der Waals surface area contributed by atoms with Gasteiger partial charge in [0.15, 0.2) is 17.5 Å². The Labute approximate surface area is 171 Å². The average molecular weight is 463 g/mol. The second-order valence-corrected chi connectivity index (χ2v) is 8.63. The van der Waals surface area contributed by atoms with Gasteiger partial charge in [-0.15, -0.1) is 11.3 Å². The molecule has 2 aromatic heterocycles. The van der Waals surface area contributed by atoms with Gasteiger partial charge in [0.1, 0.15) is 17.8 Å². The molecular formula is C16H13F4N5O3S2. The van der Waals surface area contributed by atoms with Crippen LogP contribution in [0.3, 0.4) is 0 Å². The van der Waals surface area contributed by atoms with Crippen LogP contribution in [0.25, 0.3) is 10.2 Å². The van der Waals surface area contributed by atoms with Crippen LogP contribution in [0.15, 0.2) is 17.8 Å². The molecule has 30 heavy (non-hydrogen) atoms. The fraction of sp³-hybridized carbons (Fsp3) is 0.188. The van der Waals surface area contributed by atoms with Gasteiger partial charge in [0.05, 0.1) is 33.9 Å². The number of thiophene rings is 1. The molecule has 2 heterocycles. The number of hydrogen-bond acceptors (Lipinski definition) is 7.